The molecule has 0 radical (unpaired) electrons. The van der Waals surface area contributed by atoms with Crippen LogP contribution in [0.4, 0.5) is 4.39 Å². The van der Waals surface area contributed by atoms with E-state index < -0.39 is 0 Å². The molecule has 1 unspecified atom stereocenters. The molecule has 0 saturated heterocycles. The highest BCUT2D eigenvalue weighted by Gasteiger charge is 2.05. The average molecular weight is 322 g/mol. The van der Waals surface area contributed by atoms with Crippen molar-refractivity contribution in [3.8, 4) is 0 Å². The number of nitrogens with one attached hydrogen (secondary N) is 1. The van der Waals surface area contributed by atoms with Crippen molar-refractivity contribution >= 4 is 15.9 Å². The van der Waals surface area contributed by atoms with Crippen LogP contribution in [0.1, 0.15) is 29.7 Å². The van der Waals surface area contributed by atoms with Gasteiger partial charge in [0.15, 0.2) is 0 Å². The van der Waals surface area contributed by atoms with E-state index >= 15 is 0 Å². The zero-order valence-corrected chi connectivity index (χ0v) is 12.7. The molecule has 0 bridgehead atoms. The Morgan fingerprint density at radius 2 is 1.84 bits per heavy atom. The Kier molecular flexibility index (Phi) is 4.72. The molecule has 3 heteroatoms. The quantitative estimate of drug-likeness (QED) is 0.857. The summed E-state index contributed by atoms with van der Waals surface area (Å²) in [6.07, 6.45) is 0. The van der Waals surface area contributed by atoms with Gasteiger partial charge in [0.05, 0.1) is 0 Å². The first-order valence-electron chi connectivity index (χ1n) is 6.30. The lowest BCUT2D eigenvalue weighted by Gasteiger charge is -2.14. The molecular formula is C16H17BrFN. The van der Waals surface area contributed by atoms with Gasteiger partial charge in [0.2, 0.25) is 0 Å². The SMILES string of the molecule is Cc1cc(CNC(C)c2ccc(Br)cc2)ccc1F. The smallest absolute Gasteiger partial charge is 0.126 e. The van der Waals surface area contributed by atoms with Crippen LogP contribution in [0, 0.1) is 12.7 Å². The van der Waals surface area contributed by atoms with Gasteiger partial charge in [-0.15, -0.1) is 0 Å². The topological polar surface area (TPSA) is 12.0 Å². The van der Waals surface area contributed by atoms with Crippen LogP contribution in [-0.4, -0.2) is 0 Å². The maximum absolute atomic E-state index is 13.2. The van der Waals surface area contributed by atoms with E-state index in [9.17, 15) is 4.39 Å². The van der Waals surface area contributed by atoms with Crippen LogP contribution >= 0.6 is 15.9 Å². The van der Waals surface area contributed by atoms with Crippen molar-refractivity contribution in [2.24, 2.45) is 0 Å². The fourth-order valence-corrected chi connectivity index (χ4v) is 2.22. The molecule has 1 N–H and O–H groups in total. The van der Waals surface area contributed by atoms with Crippen molar-refractivity contribution in [3.63, 3.8) is 0 Å². The van der Waals surface area contributed by atoms with E-state index in [-0.39, 0.29) is 11.9 Å². The predicted molar refractivity (Wildman–Crippen MR) is 80.5 cm³/mol. The summed E-state index contributed by atoms with van der Waals surface area (Å²) < 4.78 is 14.3. The first kappa shape index (κ1) is 14.2. The molecule has 0 saturated carbocycles. The Bertz CT molecular complexity index is 551. The Balaban J connectivity index is 1.98. The van der Waals surface area contributed by atoms with E-state index in [2.05, 4.69) is 40.3 Å². The molecule has 0 spiro atoms. The summed E-state index contributed by atoms with van der Waals surface area (Å²) in [4.78, 5) is 0. The second-order valence-electron chi connectivity index (χ2n) is 4.74. The molecule has 100 valence electrons. The lowest BCUT2D eigenvalue weighted by Crippen LogP contribution is -2.18. The van der Waals surface area contributed by atoms with Gasteiger partial charge in [-0.1, -0.05) is 40.2 Å². The number of rotatable bonds is 4. The highest BCUT2D eigenvalue weighted by atomic mass is 79.9. The van der Waals surface area contributed by atoms with Gasteiger partial charge < -0.3 is 5.32 Å². The van der Waals surface area contributed by atoms with Gasteiger partial charge >= 0.3 is 0 Å². The molecular weight excluding hydrogens is 305 g/mol. The maximum atomic E-state index is 13.2. The third-order valence-corrected chi connectivity index (χ3v) is 3.73. The monoisotopic (exact) mass is 321 g/mol. The van der Waals surface area contributed by atoms with Gasteiger partial charge in [0.1, 0.15) is 5.82 Å². The minimum Gasteiger partial charge on any atom is -0.306 e. The minimum absolute atomic E-state index is 0.148. The molecule has 0 aromatic heterocycles. The molecule has 0 aliphatic carbocycles. The molecule has 2 aromatic carbocycles. The fraction of sp³-hybridized carbons (Fsp3) is 0.250. The zero-order chi connectivity index (χ0) is 13.8. The normalized spacial score (nSPS) is 12.4. The number of benzene rings is 2. The summed E-state index contributed by atoms with van der Waals surface area (Å²) >= 11 is 3.43. The lowest BCUT2D eigenvalue weighted by atomic mass is 10.1. The summed E-state index contributed by atoms with van der Waals surface area (Å²) in [5.41, 5.74) is 3.03. The second kappa shape index (κ2) is 6.31. The molecule has 1 nitrogen and oxygen atoms in total. The van der Waals surface area contributed by atoms with E-state index in [1.165, 1.54) is 11.6 Å². The number of aryl methyl sites for hydroxylation is 1. The Hall–Kier alpha value is -1.19. The predicted octanol–water partition coefficient (Wildman–Crippen LogP) is 4.75. The third-order valence-electron chi connectivity index (χ3n) is 3.20. The Labute approximate surface area is 122 Å². The van der Waals surface area contributed by atoms with Gasteiger partial charge in [0.25, 0.3) is 0 Å². The molecule has 2 rings (SSSR count). The average Bonchev–Trinajstić information content (AvgIpc) is 2.40. The highest BCUT2D eigenvalue weighted by Crippen LogP contribution is 2.17. The van der Waals surface area contributed by atoms with Crippen LogP contribution < -0.4 is 5.32 Å². The van der Waals surface area contributed by atoms with Gasteiger partial charge in [-0.05, 0) is 48.7 Å². The van der Waals surface area contributed by atoms with Crippen LogP contribution in [-0.2, 0) is 6.54 Å². The van der Waals surface area contributed by atoms with Crippen LogP contribution in [0.15, 0.2) is 46.9 Å². The van der Waals surface area contributed by atoms with E-state index in [0.717, 1.165) is 16.6 Å². The molecule has 0 aliphatic rings. The fourth-order valence-electron chi connectivity index (χ4n) is 1.96. The summed E-state index contributed by atoms with van der Waals surface area (Å²) in [5.74, 6) is -0.148. The van der Waals surface area contributed by atoms with Crippen LogP contribution in [0.5, 0.6) is 0 Å². The van der Waals surface area contributed by atoms with Crippen molar-refractivity contribution in [2.45, 2.75) is 26.4 Å². The standard InChI is InChI=1S/C16H17BrFN/c1-11-9-13(3-8-16(11)18)10-19-12(2)14-4-6-15(17)7-5-14/h3-9,12,19H,10H2,1-2H3. The van der Waals surface area contributed by atoms with Crippen molar-refractivity contribution in [2.75, 3.05) is 0 Å². The van der Waals surface area contributed by atoms with Gasteiger partial charge in [-0.2, -0.15) is 0 Å². The van der Waals surface area contributed by atoms with E-state index in [1.54, 1.807) is 6.92 Å². The van der Waals surface area contributed by atoms with Crippen LogP contribution in [0.25, 0.3) is 0 Å². The minimum atomic E-state index is -0.148. The van der Waals surface area contributed by atoms with Gasteiger partial charge in [-0.25, -0.2) is 4.39 Å². The first-order valence-corrected chi connectivity index (χ1v) is 7.09. The van der Waals surface area contributed by atoms with Crippen molar-refractivity contribution in [3.05, 3.63) is 69.4 Å². The summed E-state index contributed by atoms with van der Waals surface area (Å²) in [5, 5.41) is 3.44. The second-order valence-corrected chi connectivity index (χ2v) is 5.65. The molecule has 2 aromatic rings. The Morgan fingerprint density at radius 3 is 2.47 bits per heavy atom. The molecule has 0 aliphatic heterocycles. The van der Waals surface area contributed by atoms with Gasteiger partial charge in [0, 0.05) is 17.1 Å². The number of halogens is 2. The maximum Gasteiger partial charge on any atom is 0.126 e. The van der Waals surface area contributed by atoms with Crippen molar-refractivity contribution < 1.29 is 4.39 Å². The molecule has 0 fully saturated rings. The highest BCUT2D eigenvalue weighted by molar-refractivity contribution is 9.10. The summed E-state index contributed by atoms with van der Waals surface area (Å²) in [6, 6.07) is 13.8. The molecule has 0 heterocycles. The van der Waals surface area contributed by atoms with E-state index in [1.807, 2.05) is 24.3 Å². The van der Waals surface area contributed by atoms with Crippen molar-refractivity contribution in [1.82, 2.24) is 5.32 Å². The third kappa shape index (κ3) is 3.88. The van der Waals surface area contributed by atoms with E-state index in [0.29, 0.717) is 5.56 Å². The van der Waals surface area contributed by atoms with Crippen LogP contribution in [0.3, 0.4) is 0 Å². The molecule has 0 amide bonds. The Morgan fingerprint density at radius 1 is 1.16 bits per heavy atom. The molecule has 1 atom stereocenters. The number of hydrogen-bond acceptors (Lipinski definition) is 1. The van der Waals surface area contributed by atoms with Crippen LogP contribution in [0.2, 0.25) is 0 Å². The summed E-state index contributed by atoms with van der Waals surface area (Å²) in [7, 11) is 0. The largest absolute Gasteiger partial charge is 0.306 e. The van der Waals surface area contributed by atoms with E-state index in [4.69, 9.17) is 0 Å². The van der Waals surface area contributed by atoms with Gasteiger partial charge in [-0.3, -0.25) is 0 Å². The van der Waals surface area contributed by atoms with Crippen molar-refractivity contribution in [1.29, 1.82) is 0 Å². The number of hydrogen-bond donors (Lipinski definition) is 1. The lowest BCUT2D eigenvalue weighted by molar-refractivity contribution is 0.572. The summed E-state index contributed by atoms with van der Waals surface area (Å²) in [6.45, 7) is 4.65. The molecule has 19 heavy (non-hydrogen) atoms. The zero-order valence-electron chi connectivity index (χ0n) is 11.1. The first-order chi connectivity index (χ1) is 9.06.